The Labute approximate surface area is 133 Å². The third kappa shape index (κ3) is 3.72. The highest BCUT2D eigenvalue weighted by atomic mass is 79.9. The molecule has 7 heteroatoms. The van der Waals surface area contributed by atoms with Gasteiger partial charge in [0.25, 0.3) is 0 Å². The minimum absolute atomic E-state index is 0.269. The van der Waals surface area contributed by atoms with Gasteiger partial charge in [0.2, 0.25) is 10.0 Å². The van der Waals surface area contributed by atoms with Crippen LogP contribution in [0.2, 0.25) is 0 Å². The molecule has 0 fully saturated rings. The van der Waals surface area contributed by atoms with Crippen molar-refractivity contribution in [3.05, 3.63) is 45.7 Å². The van der Waals surface area contributed by atoms with Gasteiger partial charge in [0.05, 0.1) is 10.6 Å². The predicted molar refractivity (Wildman–Crippen MR) is 85.7 cm³/mol. The summed E-state index contributed by atoms with van der Waals surface area (Å²) in [6, 6.07) is 6.58. The number of hydrogen-bond acceptors (Lipinski definition) is 3. The third-order valence-electron chi connectivity index (χ3n) is 3.45. The van der Waals surface area contributed by atoms with Gasteiger partial charge in [-0.15, -0.1) is 0 Å². The van der Waals surface area contributed by atoms with Gasteiger partial charge in [0.1, 0.15) is 0 Å². The molecular formula is C14H18BrN3O2S. The molecule has 0 aliphatic heterocycles. The third-order valence-corrected chi connectivity index (χ3v) is 5.46. The molecule has 21 heavy (non-hydrogen) atoms. The van der Waals surface area contributed by atoms with Gasteiger partial charge in [-0.25, -0.2) is 13.1 Å². The molecule has 5 nitrogen and oxygen atoms in total. The van der Waals surface area contributed by atoms with E-state index >= 15 is 0 Å². The Kier molecular flexibility index (Phi) is 4.85. The van der Waals surface area contributed by atoms with Crippen LogP contribution in [0.25, 0.3) is 0 Å². The lowest BCUT2D eigenvalue weighted by Crippen LogP contribution is -2.26. The molecule has 1 aromatic carbocycles. The van der Waals surface area contributed by atoms with Gasteiger partial charge in [-0.2, -0.15) is 5.10 Å². The van der Waals surface area contributed by atoms with Crippen LogP contribution < -0.4 is 4.72 Å². The number of nitrogens with one attached hydrogen (secondary N) is 1. The van der Waals surface area contributed by atoms with Crippen LogP contribution in [0.4, 0.5) is 0 Å². The summed E-state index contributed by atoms with van der Waals surface area (Å²) < 4.78 is 29.6. The normalized spacial score (nSPS) is 11.8. The Morgan fingerprint density at radius 2 is 1.86 bits per heavy atom. The highest BCUT2D eigenvalue weighted by molar-refractivity contribution is 9.10. The van der Waals surface area contributed by atoms with Crippen molar-refractivity contribution in [1.82, 2.24) is 14.5 Å². The molecule has 1 aromatic heterocycles. The fraction of sp³-hybridized carbons (Fsp3) is 0.357. The van der Waals surface area contributed by atoms with E-state index in [0.29, 0.717) is 13.0 Å². The lowest BCUT2D eigenvalue weighted by molar-refractivity contribution is 0.581. The van der Waals surface area contributed by atoms with Gasteiger partial charge in [0.15, 0.2) is 0 Å². The number of aromatic nitrogens is 2. The Bertz CT molecular complexity index is 736. The zero-order valence-electron chi connectivity index (χ0n) is 12.2. The summed E-state index contributed by atoms with van der Waals surface area (Å²) in [7, 11) is -1.58. The zero-order valence-corrected chi connectivity index (χ0v) is 14.6. The van der Waals surface area contributed by atoms with Crippen LogP contribution in [0.15, 0.2) is 33.6 Å². The van der Waals surface area contributed by atoms with Gasteiger partial charge in [-0.1, -0.05) is 15.9 Å². The molecule has 0 atom stereocenters. The monoisotopic (exact) mass is 371 g/mol. The predicted octanol–water partition coefficient (Wildman–Crippen LogP) is 2.32. The van der Waals surface area contributed by atoms with E-state index in [1.165, 1.54) is 0 Å². The molecule has 0 aliphatic carbocycles. The van der Waals surface area contributed by atoms with E-state index in [2.05, 4.69) is 25.8 Å². The van der Waals surface area contributed by atoms with E-state index in [-0.39, 0.29) is 4.90 Å². The smallest absolute Gasteiger partial charge is 0.240 e. The molecule has 2 aromatic rings. The summed E-state index contributed by atoms with van der Waals surface area (Å²) in [5.41, 5.74) is 3.10. The molecule has 0 bridgehead atoms. The second kappa shape index (κ2) is 6.29. The Balaban J connectivity index is 2.04. The second-order valence-electron chi connectivity index (χ2n) is 4.87. The maximum Gasteiger partial charge on any atom is 0.240 e. The standard InChI is InChI=1S/C14H18BrN3O2S/c1-10-14(11(2)18(3)17-10)8-9-16-21(19,20)13-6-4-12(15)5-7-13/h4-7,16H,8-9H2,1-3H3. The van der Waals surface area contributed by atoms with E-state index in [9.17, 15) is 8.42 Å². The summed E-state index contributed by atoms with van der Waals surface area (Å²) in [5.74, 6) is 0. The van der Waals surface area contributed by atoms with E-state index in [0.717, 1.165) is 21.4 Å². The minimum Gasteiger partial charge on any atom is -0.272 e. The summed E-state index contributed by atoms with van der Waals surface area (Å²) in [6.07, 6.45) is 0.626. The summed E-state index contributed by atoms with van der Waals surface area (Å²) >= 11 is 3.29. The highest BCUT2D eigenvalue weighted by Crippen LogP contribution is 2.15. The molecular weight excluding hydrogens is 354 g/mol. The molecule has 0 spiro atoms. The van der Waals surface area contributed by atoms with Crippen LogP contribution in [0.3, 0.4) is 0 Å². The van der Waals surface area contributed by atoms with Crippen LogP contribution >= 0.6 is 15.9 Å². The average molecular weight is 372 g/mol. The number of sulfonamides is 1. The number of nitrogens with zero attached hydrogens (tertiary/aromatic N) is 2. The number of hydrogen-bond donors (Lipinski definition) is 1. The van der Waals surface area contributed by atoms with Crippen molar-refractivity contribution in [2.45, 2.75) is 25.2 Å². The minimum atomic E-state index is -3.46. The van der Waals surface area contributed by atoms with E-state index in [1.54, 1.807) is 24.3 Å². The van der Waals surface area contributed by atoms with Gasteiger partial charge in [-0.05, 0) is 50.1 Å². The molecule has 1 N–H and O–H groups in total. The number of benzene rings is 1. The van der Waals surface area contributed by atoms with Crippen LogP contribution in [0, 0.1) is 13.8 Å². The van der Waals surface area contributed by atoms with Crippen LogP contribution in [-0.2, 0) is 23.5 Å². The Morgan fingerprint density at radius 3 is 2.38 bits per heavy atom. The highest BCUT2D eigenvalue weighted by Gasteiger charge is 2.14. The topological polar surface area (TPSA) is 64.0 Å². The summed E-state index contributed by atoms with van der Waals surface area (Å²) in [4.78, 5) is 0.269. The Morgan fingerprint density at radius 1 is 1.24 bits per heavy atom. The van der Waals surface area contributed by atoms with E-state index in [1.807, 2.05) is 25.6 Å². The van der Waals surface area contributed by atoms with E-state index < -0.39 is 10.0 Å². The van der Waals surface area contributed by atoms with Crippen LogP contribution in [0.5, 0.6) is 0 Å². The van der Waals surface area contributed by atoms with Crippen LogP contribution in [0.1, 0.15) is 17.0 Å². The first-order valence-electron chi connectivity index (χ1n) is 6.55. The number of halogens is 1. The van der Waals surface area contributed by atoms with Crippen molar-refractivity contribution in [3.63, 3.8) is 0 Å². The van der Waals surface area contributed by atoms with Gasteiger partial charge >= 0.3 is 0 Å². The summed E-state index contributed by atoms with van der Waals surface area (Å²) in [6.45, 7) is 4.27. The first-order chi connectivity index (χ1) is 9.81. The molecule has 0 aliphatic rings. The van der Waals surface area contributed by atoms with Gasteiger partial charge in [0, 0.05) is 23.8 Å². The first-order valence-corrected chi connectivity index (χ1v) is 8.83. The van der Waals surface area contributed by atoms with Crippen molar-refractivity contribution in [2.24, 2.45) is 7.05 Å². The van der Waals surface area contributed by atoms with Crippen LogP contribution in [-0.4, -0.2) is 24.7 Å². The quantitative estimate of drug-likeness (QED) is 0.876. The molecule has 1 heterocycles. The second-order valence-corrected chi connectivity index (χ2v) is 7.56. The van der Waals surface area contributed by atoms with Crippen molar-refractivity contribution in [3.8, 4) is 0 Å². The SMILES string of the molecule is Cc1nn(C)c(C)c1CCNS(=O)(=O)c1ccc(Br)cc1. The maximum atomic E-state index is 12.2. The molecule has 0 radical (unpaired) electrons. The fourth-order valence-electron chi connectivity index (χ4n) is 2.19. The maximum absolute atomic E-state index is 12.2. The zero-order chi connectivity index (χ0) is 15.6. The Hall–Kier alpha value is -1.18. The molecule has 2 rings (SSSR count). The largest absolute Gasteiger partial charge is 0.272 e. The lowest BCUT2D eigenvalue weighted by atomic mass is 10.1. The molecule has 114 valence electrons. The van der Waals surface area contributed by atoms with Crippen molar-refractivity contribution in [1.29, 1.82) is 0 Å². The first kappa shape index (κ1) is 16.2. The molecule has 0 saturated heterocycles. The van der Waals surface area contributed by atoms with E-state index in [4.69, 9.17) is 0 Å². The summed E-state index contributed by atoms with van der Waals surface area (Å²) in [5, 5.41) is 4.33. The van der Waals surface area contributed by atoms with Crippen molar-refractivity contribution >= 4 is 26.0 Å². The van der Waals surface area contributed by atoms with Gasteiger partial charge < -0.3 is 0 Å². The fourth-order valence-corrected chi connectivity index (χ4v) is 3.48. The lowest BCUT2D eigenvalue weighted by Gasteiger charge is -2.07. The molecule has 0 unspecified atom stereocenters. The number of rotatable bonds is 5. The van der Waals surface area contributed by atoms with Gasteiger partial charge in [-0.3, -0.25) is 4.68 Å². The van der Waals surface area contributed by atoms with Crippen molar-refractivity contribution < 1.29 is 8.42 Å². The average Bonchev–Trinajstić information content (AvgIpc) is 2.65. The van der Waals surface area contributed by atoms with Crippen molar-refractivity contribution in [2.75, 3.05) is 6.54 Å². The molecule has 0 amide bonds. The number of aryl methyl sites for hydroxylation is 2. The molecule has 0 saturated carbocycles.